The van der Waals surface area contributed by atoms with E-state index in [0.717, 1.165) is 25.2 Å². The third kappa shape index (κ3) is 4.01. The normalized spacial score (nSPS) is 25.1. The van der Waals surface area contributed by atoms with Crippen LogP contribution in [-0.2, 0) is 6.42 Å². The van der Waals surface area contributed by atoms with Gasteiger partial charge in [0.05, 0.1) is 5.01 Å². The van der Waals surface area contributed by atoms with E-state index in [2.05, 4.69) is 48.3 Å². The molecule has 0 aromatic carbocycles. The van der Waals surface area contributed by atoms with Gasteiger partial charge in [0.25, 0.3) is 0 Å². The van der Waals surface area contributed by atoms with E-state index in [1.165, 1.54) is 18.0 Å². The number of hydrogen-bond donors (Lipinski definition) is 1. The molecule has 0 bridgehead atoms. The smallest absolute Gasteiger partial charge is 0.0940 e. The zero-order valence-electron chi connectivity index (χ0n) is 12.6. The Labute approximate surface area is 121 Å². The summed E-state index contributed by atoms with van der Waals surface area (Å²) >= 11 is 1.80. The molecule has 0 saturated carbocycles. The maximum absolute atomic E-state index is 4.58. The highest BCUT2D eigenvalue weighted by Crippen LogP contribution is 2.17. The number of aromatic nitrogens is 1. The lowest BCUT2D eigenvalue weighted by Crippen LogP contribution is -2.58. The molecule has 1 aromatic rings. The van der Waals surface area contributed by atoms with E-state index < -0.39 is 0 Å². The topological polar surface area (TPSA) is 28.2 Å². The minimum Gasteiger partial charge on any atom is -0.311 e. The van der Waals surface area contributed by atoms with E-state index in [4.69, 9.17) is 0 Å². The van der Waals surface area contributed by atoms with Crippen LogP contribution in [0.1, 0.15) is 37.9 Å². The molecular weight excluding hydrogens is 254 g/mol. The lowest BCUT2D eigenvalue weighted by Gasteiger charge is -2.41. The van der Waals surface area contributed by atoms with Crippen LogP contribution in [0.15, 0.2) is 5.38 Å². The van der Waals surface area contributed by atoms with Gasteiger partial charge in [-0.1, -0.05) is 20.8 Å². The van der Waals surface area contributed by atoms with Gasteiger partial charge in [-0.05, 0) is 19.3 Å². The number of piperazine rings is 1. The molecule has 108 valence electrons. The molecule has 1 aliphatic heterocycles. The largest absolute Gasteiger partial charge is 0.311 e. The first-order valence-corrected chi connectivity index (χ1v) is 8.36. The molecule has 2 rings (SSSR count). The summed E-state index contributed by atoms with van der Waals surface area (Å²) in [6.45, 7) is 12.5. The zero-order chi connectivity index (χ0) is 13.8. The van der Waals surface area contributed by atoms with Gasteiger partial charge in [0.15, 0.2) is 0 Å². The van der Waals surface area contributed by atoms with Crippen LogP contribution in [0, 0.1) is 12.8 Å². The Morgan fingerprint density at radius 2 is 2.32 bits per heavy atom. The van der Waals surface area contributed by atoms with Gasteiger partial charge in [0.1, 0.15) is 0 Å². The van der Waals surface area contributed by atoms with Crippen LogP contribution >= 0.6 is 11.3 Å². The minimum atomic E-state index is 0.640. The van der Waals surface area contributed by atoms with Crippen molar-refractivity contribution in [1.82, 2.24) is 15.2 Å². The van der Waals surface area contributed by atoms with Crippen molar-refractivity contribution >= 4 is 11.3 Å². The molecule has 3 nitrogen and oxygen atoms in total. The first-order valence-electron chi connectivity index (χ1n) is 7.48. The molecule has 2 heterocycles. The monoisotopic (exact) mass is 281 g/mol. The second kappa shape index (κ2) is 6.82. The number of hydrogen-bond acceptors (Lipinski definition) is 4. The molecule has 19 heavy (non-hydrogen) atoms. The maximum Gasteiger partial charge on any atom is 0.0940 e. The molecule has 1 saturated heterocycles. The first kappa shape index (κ1) is 14.9. The fourth-order valence-electron chi connectivity index (χ4n) is 2.76. The summed E-state index contributed by atoms with van der Waals surface area (Å²) < 4.78 is 0. The Kier molecular flexibility index (Phi) is 5.37. The molecule has 0 radical (unpaired) electrons. The van der Waals surface area contributed by atoms with Crippen molar-refractivity contribution in [3.63, 3.8) is 0 Å². The molecule has 1 aliphatic rings. The van der Waals surface area contributed by atoms with Gasteiger partial charge < -0.3 is 5.32 Å². The van der Waals surface area contributed by atoms with Crippen LogP contribution in [0.5, 0.6) is 0 Å². The van der Waals surface area contributed by atoms with E-state index in [9.17, 15) is 0 Å². The van der Waals surface area contributed by atoms with E-state index in [-0.39, 0.29) is 0 Å². The Hall–Kier alpha value is -0.450. The van der Waals surface area contributed by atoms with Gasteiger partial charge in [0.2, 0.25) is 0 Å². The molecule has 0 spiro atoms. The average molecular weight is 281 g/mol. The molecule has 2 unspecified atom stereocenters. The number of nitrogens with zero attached hydrogens (tertiary/aromatic N) is 2. The van der Waals surface area contributed by atoms with Gasteiger partial charge in [0, 0.05) is 49.2 Å². The minimum absolute atomic E-state index is 0.640. The van der Waals surface area contributed by atoms with Crippen molar-refractivity contribution in [3.8, 4) is 0 Å². The highest BCUT2D eigenvalue weighted by Gasteiger charge is 2.27. The summed E-state index contributed by atoms with van der Waals surface area (Å²) in [7, 11) is 0. The maximum atomic E-state index is 4.58. The summed E-state index contributed by atoms with van der Waals surface area (Å²) in [5.74, 6) is 0.711. The molecule has 0 aliphatic carbocycles. The van der Waals surface area contributed by atoms with Gasteiger partial charge in [-0.3, -0.25) is 4.90 Å². The summed E-state index contributed by atoms with van der Waals surface area (Å²) in [4.78, 5) is 7.24. The van der Waals surface area contributed by atoms with Crippen LogP contribution < -0.4 is 5.32 Å². The summed E-state index contributed by atoms with van der Waals surface area (Å²) in [5.41, 5.74) is 1.16. The Balaban J connectivity index is 1.91. The van der Waals surface area contributed by atoms with Crippen molar-refractivity contribution < 1.29 is 0 Å². The van der Waals surface area contributed by atoms with Crippen LogP contribution in [0.25, 0.3) is 0 Å². The Morgan fingerprint density at radius 1 is 1.53 bits per heavy atom. The van der Waals surface area contributed by atoms with Crippen molar-refractivity contribution in [2.24, 2.45) is 5.92 Å². The quantitative estimate of drug-likeness (QED) is 0.899. The zero-order valence-corrected chi connectivity index (χ0v) is 13.5. The molecule has 0 amide bonds. The highest BCUT2D eigenvalue weighted by atomic mass is 32.1. The van der Waals surface area contributed by atoms with Gasteiger partial charge >= 0.3 is 0 Å². The van der Waals surface area contributed by atoms with Crippen LogP contribution in [0.4, 0.5) is 0 Å². The standard InChI is InChI=1S/C15H27N3S/c1-5-13-8-16-14(11(2)3)9-18(13)7-6-15-17-12(4)10-19-15/h10-11,13-14,16H,5-9H2,1-4H3. The first-order chi connectivity index (χ1) is 9.10. The Morgan fingerprint density at radius 3 is 2.89 bits per heavy atom. The summed E-state index contributed by atoms with van der Waals surface area (Å²) in [6, 6.07) is 1.33. The second-order valence-electron chi connectivity index (χ2n) is 5.95. The van der Waals surface area contributed by atoms with Gasteiger partial charge in [-0.25, -0.2) is 4.98 Å². The number of aryl methyl sites for hydroxylation is 1. The summed E-state index contributed by atoms with van der Waals surface area (Å²) in [5, 5.41) is 7.14. The fraction of sp³-hybridized carbons (Fsp3) is 0.800. The van der Waals surface area contributed by atoms with Gasteiger partial charge in [-0.15, -0.1) is 11.3 Å². The van der Waals surface area contributed by atoms with E-state index in [0.29, 0.717) is 18.0 Å². The molecule has 1 fully saturated rings. The van der Waals surface area contributed by atoms with Crippen LogP contribution in [0.3, 0.4) is 0 Å². The van der Waals surface area contributed by atoms with Crippen LogP contribution in [-0.4, -0.2) is 41.6 Å². The third-order valence-corrected chi connectivity index (χ3v) is 5.15. The lowest BCUT2D eigenvalue weighted by molar-refractivity contribution is 0.112. The molecular formula is C15H27N3S. The van der Waals surface area contributed by atoms with E-state index in [1.807, 2.05) is 0 Å². The fourth-order valence-corrected chi connectivity index (χ4v) is 3.53. The molecule has 2 atom stereocenters. The van der Waals surface area contributed by atoms with Crippen molar-refractivity contribution in [2.45, 2.75) is 52.6 Å². The SMILES string of the molecule is CCC1CNC(C(C)C)CN1CCc1nc(C)cs1. The van der Waals surface area contributed by atoms with E-state index in [1.54, 1.807) is 11.3 Å². The van der Waals surface area contributed by atoms with Crippen molar-refractivity contribution in [2.75, 3.05) is 19.6 Å². The summed E-state index contributed by atoms with van der Waals surface area (Å²) in [6.07, 6.45) is 2.33. The molecule has 1 N–H and O–H groups in total. The van der Waals surface area contributed by atoms with Gasteiger partial charge in [-0.2, -0.15) is 0 Å². The Bertz CT molecular complexity index is 388. The average Bonchev–Trinajstić information content (AvgIpc) is 2.81. The predicted molar refractivity (Wildman–Crippen MR) is 82.8 cm³/mol. The highest BCUT2D eigenvalue weighted by molar-refractivity contribution is 7.09. The number of rotatable bonds is 5. The number of nitrogens with one attached hydrogen (secondary N) is 1. The molecule has 4 heteroatoms. The molecule has 1 aromatic heterocycles. The van der Waals surface area contributed by atoms with E-state index >= 15 is 0 Å². The van der Waals surface area contributed by atoms with Crippen molar-refractivity contribution in [1.29, 1.82) is 0 Å². The van der Waals surface area contributed by atoms with Crippen LogP contribution in [0.2, 0.25) is 0 Å². The lowest BCUT2D eigenvalue weighted by atomic mass is 9.98. The number of thiazole rings is 1. The van der Waals surface area contributed by atoms with Crippen molar-refractivity contribution in [3.05, 3.63) is 16.1 Å². The predicted octanol–water partition coefficient (Wildman–Crippen LogP) is 2.70. The second-order valence-corrected chi connectivity index (χ2v) is 6.89. The third-order valence-electron chi connectivity index (χ3n) is 4.12.